The summed E-state index contributed by atoms with van der Waals surface area (Å²) < 4.78 is 19.2. The molecule has 4 heterocycles. The first kappa shape index (κ1) is 22.4. The van der Waals surface area contributed by atoms with E-state index in [1.807, 2.05) is 0 Å². The number of rotatable bonds is 2. The van der Waals surface area contributed by atoms with Gasteiger partial charge in [-0.15, -0.1) is 0 Å². The first-order valence-corrected chi connectivity index (χ1v) is 10.3. The van der Waals surface area contributed by atoms with Gasteiger partial charge in [0.25, 0.3) is 0 Å². The molecule has 4 aromatic heterocycles. The van der Waals surface area contributed by atoms with E-state index < -0.39 is 34.4 Å². The monoisotopic (exact) mass is 486 g/mol. The Morgan fingerprint density at radius 3 is 1.28 bits per heavy atom. The Balaban J connectivity index is 1.75. The average molecular weight is 486 g/mol. The molecule has 0 saturated carbocycles. The number of hydrogen-bond donors (Lipinski definition) is 2. The van der Waals surface area contributed by atoms with Gasteiger partial charge in [0.05, 0.1) is 21.5 Å². The Labute approximate surface area is 198 Å². The maximum absolute atomic E-state index is 12.5. The second-order valence-electron chi connectivity index (χ2n) is 7.60. The molecule has 178 valence electrons. The van der Waals surface area contributed by atoms with Gasteiger partial charge in [-0.25, -0.2) is 19.2 Å². The summed E-state index contributed by atoms with van der Waals surface area (Å²) in [6, 6.07) is 14.9. The van der Waals surface area contributed by atoms with Gasteiger partial charge in [0.2, 0.25) is 0 Å². The van der Waals surface area contributed by atoms with E-state index in [0.29, 0.717) is 34.8 Å². The summed E-state index contributed by atoms with van der Waals surface area (Å²) in [6.45, 7) is 0. The van der Waals surface area contributed by atoms with Crippen LogP contribution in [0.15, 0.2) is 110 Å². The van der Waals surface area contributed by atoms with Gasteiger partial charge in [-0.2, -0.15) is 0 Å². The van der Waals surface area contributed by atoms with Crippen LogP contribution < -0.4 is 22.5 Å². The van der Waals surface area contributed by atoms with Gasteiger partial charge in [-0.3, -0.25) is 0 Å². The Hall–Kier alpha value is -5.38. The molecule has 0 fully saturated rings. The molecular formula is C26H14O10. The fourth-order valence-corrected chi connectivity index (χ4v) is 3.70. The van der Waals surface area contributed by atoms with Gasteiger partial charge in [0.1, 0.15) is 0 Å². The van der Waals surface area contributed by atoms with Crippen LogP contribution in [-0.4, -0.2) is 10.2 Å². The van der Waals surface area contributed by atoms with Gasteiger partial charge >= 0.3 is 34.4 Å². The van der Waals surface area contributed by atoms with Crippen LogP contribution in [0, 0.1) is 0 Å². The number of hydrogen-bond acceptors (Lipinski definition) is 10. The predicted octanol–water partition coefficient (Wildman–Crippen LogP) is 3.68. The van der Waals surface area contributed by atoms with E-state index in [2.05, 4.69) is 0 Å². The minimum atomic E-state index is -0.871. The molecule has 0 aliphatic heterocycles. The second-order valence-corrected chi connectivity index (χ2v) is 7.60. The van der Waals surface area contributed by atoms with Crippen molar-refractivity contribution >= 4 is 21.5 Å². The zero-order valence-corrected chi connectivity index (χ0v) is 18.1. The fourth-order valence-electron chi connectivity index (χ4n) is 3.70. The molecule has 0 spiro atoms. The first-order valence-electron chi connectivity index (χ1n) is 10.3. The van der Waals surface area contributed by atoms with Crippen molar-refractivity contribution in [2.24, 2.45) is 0 Å². The highest BCUT2D eigenvalue weighted by molar-refractivity contribution is 5.89. The van der Waals surface area contributed by atoms with E-state index >= 15 is 0 Å². The van der Waals surface area contributed by atoms with E-state index in [9.17, 15) is 29.4 Å². The largest absolute Gasteiger partial charge is 0.478 e. The van der Waals surface area contributed by atoms with Gasteiger partial charge in [0.15, 0.2) is 12.5 Å². The zero-order valence-electron chi connectivity index (χ0n) is 18.1. The van der Waals surface area contributed by atoms with Crippen molar-refractivity contribution in [3.05, 3.63) is 115 Å². The maximum Gasteiger partial charge on any atom is 0.346 e. The summed E-state index contributed by atoms with van der Waals surface area (Å²) in [6.07, 6.45) is 1.26. The van der Waals surface area contributed by atoms with Crippen molar-refractivity contribution in [3.8, 4) is 34.1 Å². The van der Waals surface area contributed by atoms with Gasteiger partial charge in [0, 0.05) is 0 Å². The van der Waals surface area contributed by atoms with Gasteiger partial charge < -0.3 is 27.9 Å². The van der Waals surface area contributed by atoms with E-state index in [4.69, 9.17) is 17.7 Å². The van der Waals surface area contributed by atoms with Crippen molar-refractivity contribution in [3.63, 3.8) is 0 Å². The topological polar surface area (TPSA) is 161 Å². The molecule has 0 unspecified atom stereocenters. The van der Waals surface area contributed by atoms with E-state index in [-0.39, 0.29) is 21.5 Å². The lowest BCUT2D eigenvalue weighted by Crippen LogP contribution is -2.02. The first-order chi connectivity index (χ1) is 17.3. The Kier molecular flexibility index (Phi) is 5.46. The fraction of sp³-hybridized carbons (Fsp3) is 0. The van der Waals surface area contributed by atoms with E-state index in [1.165, 1.54) is 36.4 Å². The van der Waals surface area contributed by atoms with Crippen LogP contribution in [0.4, 0.5) is 0 Å². The van der Waals surface area contributed by atoms with Crippen LogP contribution in [0.2, 0.25) is 0 Å². The summed E-state index contributed by atoms with van der Waals surface area (Å²) in [7, 11) is 0. The van der Waals surface area contributed by atoms with Gasteiger partial charge in [-0.1, -0.05) is 24.3 Å². The third-order valence-electron chi connectivity index (χ3n) is 5.39. The minimum absolute atomic E-state index is 0.0829. The summed E-state index contributed by atoms with van der Waals surface area (Å²) in [5, 5.41) is 19.7. The lowest BCUT2D eigenvalue weighted by Gasteiger charge is -2.07. The molecule has 0 saturated heterocycles. The third-order valence-corrected chi connectivity index (χ3v) is 5.39. The van der Waals surface area contributed by atoms with Crippen LogP contribution >= 0.6 is 0 Å². The zero-order chi connectivity index (χ0) is 25.4. The summed E-state index contributed by atoms with van der Waals surface area (Å²) in [5.41, 5.74) is -1.60. The van der Waals surface area contributed by atoms with Crippen molar-refractivity contribution in [1.29, 1.82) is 0 Å². The molecule has 3 aromatic carbocycles. The molecule has 0 aliphatic rings. The molecule has 4 bridgehead atoms. The molecule has 7 aromatic rings. The smallest absolute Gasteiger partial charge is 0.346 e. The maximum atomic E-state index is 12.5. The van der Waals surface area contributed by atoms with E-state index in [0.717, 1.165) is 0 Å². The molecule has 0 amide bonds. The molecule has 0 atom stereocenters. The van der Waals surface area contributed by atoms with Crippen LogP contribution in [0.1, 0.15) is 0 Å². The van der Waals surface area contributed by atoms with Crippen LogP contribution in [0.3, 0.4) is 0 Å². The molecule has 7 rings (SSSR count). The summed E-state index contributed by atoms with van der Waals surface area (Å²) in [5.74, 6) is -1.74. The lowest BCUT2D eigenvalue weighted by atomic mass is 9.96. The lowest BCUT2D eigenvalue weighted by molar-refractivity contribution is 0.295. The highest BCUT2D eigenvalue weighted by atomic mass is 16.5. The predicted molar refractivity (Wildman–Crippen MR) is 127 cm³/mol. The van der Waals surface area contributed by atoms with Crippen molar-refractivity contribution in [1.82, 2.24) is 0 Å². The van der Waals surface area contributed by atoms with Crippen molar-refractivity contribution < 1.29 is 27.9 Å². The Morgan fingerprint density at radius 1 is 0.500 bits per heavy atom. The molecule has 10 heteroatoms. The van der Waals surface area contributed by atoms with Crippen molar-refractivity contribution in [2.45, 2.75) is 0 Å². The van der Waals surface area contributed by atoms with Crippen molar-refractivity contribution in [2.75, 3.05) is 0 Å². The molecule has 0 aliphatic carbocycles. The SMILES string of the molecule is O=c1occ(O)oc(=O)c2ccc1cc2-c1ccc(-c2cc3ccc2c(=O)oc(O)coc3=O)cc1. The average Bonchev–Trinajstić information content (AvgIpc) is 2.89. The highest BCUT2D eigenvalue weighted by Crippen LogP contribution is 2.29. The van der Waals surface area contributed by atoms with Crippen LogP contribution in [0.5, 0.6) is 11.9 Å². The number of benzene rings is 3. The van der Waals surface area contributed by atoms with E-state index in [1.54, 1.807) is 24.3 Å². The molecule has 36 heavy (non-hydrogen) atoms. The highest BCUT2D eigenvalue weighted by Gasteiger charge is 2.11. The second kappa shape index (κ2) is 8.76. The number of fused-ring (bicyclic) bond motifs is 14. The minimum Gasteiger partial charge on any atom is -0.478 e. The Morgan fingerprint density at radius 2 is 0.889 bits per heavy atom. The number of aromatic hydroxyl groups is 2. The molecule has 10 nitrogen and oxygen atoms in total. The summed E-state index contributed by atoms with van der Waals surface area (Å²) >= 11 is 0. The normalized spacial score (nSPS) is 10.9. The van der Waals surface area contributed by atoms with Crippen LogP contribution in [-0.2, 0) is 0 Å². The quantitative estimate of drug-likeness (QED) is 0.376. The molecular weight excluding hydrogens is 472 g/mol. The Bertz CT molecular complexity index is 1800. The molecule has 2 N–H and O–H groups in total. The molecule has 0 radical (unpaired) electrons. The van der Waals surface area contributed by atoms with Gasteiger partial charge in [-0.05, 0) is 58.7 Å². The standard InChI is InChI=1S/C26H14O10/c27-21-11-33-23(29)15-5-7-17(25(31)35-21)19(9-15)13-1-2-14(4-3-13)20-10-16-6-8-18(20)26(32)36-22(28)12-34-24(16)30/h1-12,27-28H. The van der Waals surface area contributed by atoms with Crippen LogP contribution in [0.25, 0.3) is 43.8 Å². The third kappa shape index (κ3) is 4.14. The summed E-state index contributed by atoms with van der Waals surface area (Å²) in [4.78, 5) is 49.6.